The Balaban J connectivity index is 1.83. The molecule has 0 aliphatic heterocycles. The van der Waals surface area contributed by atoms with Gasteiger partial charge in [-0.15, -0.1) is 0 Å². The molecule has 94 valence electrons. The normalized spacial score (nSPS) is 16.8. The van der Waals surface area contributed by atoms with Crippen molar-refractivity contribution >= 4 is 16.9 Å². The number of para-hydroxylation sites is 2. The van der Waals surface area contributed by atoms with E-state index in [0.717, 1.165) is 28.5 Å². The first kappa shape index (κ1) is 11.5. The van der Waals surface area contributed by atoms with Gasteiger partial charge in [-0.2, -0.15) is 0 Å². The van der Waals surface area contributed by atoms with Crippen molar-refractivity contribution < 1.29 is 0 Å². The van der Waals surface area contributed by atoms with Crippen LogP contribution in [0.3, 0.4) is 0 Å². The summed E-state index contributed by atoms with van der Waals surface area (Å²) in [5.41, 5.74) is 2.91. The van der Waals surface area contributed by atoms with E-state index in [9.17, 15) is 0 Å². The molecule has 1 aliphatic carbocycles. The largest absolute Gasteiger partial charge is 0.366 e. The molecule has 1 saturated carbocycles. The van der Waals surface area contributed by atoms with Crippen molar-refractivity contribution in [3.05, 3.63) is 30.0 Å². The molecule has 2 aromatic rings. The van der Waals surface area contributed by atoms with E-state index in [1.165, 1.54) is 19.3 Å². The Morgan fingerprint density at radius 3 is 2.56 bits per heavy atom. The van der Waals surface area contributed by atoms with Crippen molar-refractivity contribution in [3.8, 4) is 0 Å². The molecule has 18 heavy (non-hydrogen) atoms. The molecule has 1 fully saturated rings. The molecule has 0 radical (unpaired) electrons. The molecule has 3 nitrogen and oxygen atoms in total. The number of aromatic nitrogens is 2. The van der Waals surface area contributed by atoms with Gasteiger partial charge in [0, 0.05) is 6.04 Å². The van der Waals surface area contributed by atoms with E-state index < -0.39 is 0 Å². The lowest BCUT2D eigenvalue weighted by molar-refractivity contribution is 0.639. The Labute approximate surface area is 108 Å². The fourth-order valence-corrected chi connectivity index (χ4v) is 2.37. The van der Waals surface area contributed by atoms with Crippen molar-refractivity contribution in [1.29, 1.82) is 0 Å². The number of fused-ring (bicyclic) bond motifs is 1. The smallest absolute Gasteiger partial charge is 0.148 e. The molecule has 0 saturated heterocycles. The molecular weight excluding hydrogens is 222 g/mol. The summed E-state index contributed by atoms with van der Waals surface area (Å²) in [5.74, 6) is 1.86. The van der Waals surface area contributed by atoms with Crippen molar-refractivity contribution in [2.75, 3.05) is 5.32 Å². The SMILES string of the molecule is Cc1nc2ccccc2nc1NC(C)CC1CC1. The molecule has 1 aromatic heterocycles. The summed E-state index contributed by atoms with van der Waals surface area (Å²) in [6, 6.07) is 8.50. The third kappa shape index (κ3) is 2.45. The Bertz CT molecular complexity index is 561. The second kappa shape index (κ2) is 4.56. The van der Waals surface area contributed by atoms with E-state index in [-0.39, 0.29) is 0 Å². The maximum atomic E-state index is 4.67. The maximum Gasteiger partial charge on any atom is 0.148 e. The number of rotatable bonds is 4. The Morgan fingerprint density at radius 1 is 1.22 bits per heavy atom. The molecule has 0 bridgehead atoms. The summed E-state index contributed by atoms with van der Waals surface area (Å²) >= 11 is 0. The van der Waals surface area contributed by atoms with Gasteiger partial charge >= 0.3 is 0 Å². The van der Waals surface area contributed by atoms with E-state index in [0.29, 0.717) is 6.04 Å². The summed E-state index contributed by atoms with van der Waals surface area (Å²) in [4.78, 5) is 9.27. The van der Waals surface area contributed by atoms with Gasteiger partial charge in [0.05, 0.1) is 16.7 Å². The van der Waals surface area contributed by atoms with Crippen molar-refractivity contribution in [3.63, 3.8) is 0 Å². The van der Waals surface area contributed by atoms with Crippen LogP contribution in [0.25, 0.3) is 11.0 Å². The Morgan fingerprint density at radius 2 is 1.89 bits per heavy atom. The minimum atomic E-state index is 0.478. The van der Waals surface area contributed by atoms with Crippen LogP contribution >= 0.6 is 0 Å². The van der Waals surface area contributed by atoms with Crippen molar-refractivity contribution in [2.45, 2.75) is 39.2 Å². The zero-order valence-corrected chi connectivity index (χ0v) is 11.0. The van der Waals surface area contributed by atoms with Crippen LogP contribution in [0.2, 0.25) is 0 Å². The highest BCUT2D eigenvalue weighted by molar-refractivity contribution is 5.76. The molecule has 1 aliphatic rings. The first-order chi connectivity index (χ1) is 8.72. The number of nitrogens with zero attached hydrogens (tertiary/aromatic N) is 2. The first-order valence-electron chi connectivity index (χ1n) is 6.72. The van der Waals surface area contributed by atoms with Gasteiger partial charge in [0.15, 0.2) is 0 Å². The molecule has 1 aromatic carbocycles. The zero-order valence-electron chi connectivity index (χ0n) is 11.0. The molecule has 1 unspecified atom stereocenters. The molecule has 3 heteroatoms. The molecule has 1 atom stereocenters. The minimum absolute atomic E-state index is 0.478. The lowest BCUT2D eigenvalue weighted by atomic mass is 10.1. The van der Waals surface area contributed by atoms with E-state index in [4.69, 9.17) is 0 Å². The number of hydrogen-bond acceptors (Lipinski definition) is 3. The molecule has 1 N–H and O–H groups in total. The van der Waals surface area contributed by atoms with Gasteiger partial charge in [0.2, 0.25) is 0 Å². The highest BCUT2D eigenvalue weighted by Gasteiger charge is 2.23. The second-order valence-electron chi connectivity index (χ2n) is 5.37. The lowest BCUT2D eigenvalue weighted by Crippen LogP contribution is -2.18. The predicted molar refractivity (Wildman–Crippen MR) is 74.7 cm³/mol. The quantitative estimate of drug-likeness (QED) is 0.889. The fraction of sp³-hybridized carbons (Fsp3) is 0.467. The van der Waals surface area contributed by atoms with Crippen molar-refractivity contribution in [1.82, 2.24) is 9.97 Å². The van der Waals surface area contributed by atoms with Crippen LogP contribution in [0.4, 0.5) is 5.82 Å². The number of benzene rings is 1. The average molecular weight is 241 g/mol. The standard InChI is InChI=1S/C15H19N3/c1-10(9-12-7-8-12)16-15-11(2)17-13-5-3-4-6-14(13)18-15/h3-6,10,12H,7-9H2,1-2H3,(H,16,18). The van der Waals surface area contributed by atoms with Crippen LogP contribution in [0.1, 0.15) is 31.9 Å². The Kier molecular flexibility index (Phi) is 2.90. The van der Waals surface area contributed by atoms with Gasteiger partial charge < -0.3 is 5.32 Å². The average Bonchev–Trinajstić information content (AvgIpc) is 3.14. The van der Waals surface area contributed by atoms with E-state index in [2.05, 4.69) is 22.2 Å². The van der Waals surface area contributed by atoms with Gasteiger partial charge in [-0.1, -0.05) is 25.0 Å². The van der Waals surface area contributed by atoms with E-state index in [1.807, 2.05) is 31.2 Å². The summed E-state index contributed by atoms with van der Waals surface area (Å²) in [7, 11) is 0. The summed E-state index contributed by atoms with van der Waals surface area (Å²) in [6.07, 6.45) is 4.04. The number of anilines is 1. The number of nitrogens with one attached hydrogen (secondary N) is 1. The fourth-order valence-electron chi connectivity index (χ4n) is 2.37. The molecular formula is C15H19N3. The first-order valence-corrected chi connectivity index (χ1v) is 6.72. The van der Waals surface area contributed by atoms with Gasteiger partial charge in [-0.3, -0.25) is 0 Å². The number of aryl methyl sites for hydroxylation is 1. The van der Waals surface area contributed by atoms with Crippen LogP contribution in [0, 0.1) is 12.8 Å². The maximum absolute atomic E-state index is 4.67. The van der Waals surface area contributed by atoms with Crippen LogP contribution in [-0.4, -0.2) is 16.0 Å². The topological polar surface area (TPSA) is 37.8 Å². The van der Waals surface area contributed by atoms with Gasteiger partial charge in [0.25, 0.3) is 0 Å². The van der Waals surface area contributed by atoms with Crippen LogP contribution in [0.15, 0.2) is 24.3 Å². The molecule has 1 heterocycles. The third-order valence-corrected chi connectivity index (χ3v) is 3.51. The van der Waals surface area contributed by atoms with E-state index in [1.54, 1.807) is 0 Å². The Hall–Kier alpha value is -1.64. The lowest BCUT2D eigenvalue weighted by Gasteiger charge is -2.15. The summed E-state index contributed by atoms with van der Waals surface area (Å²) < 4.78 is 0. The highest BCUT2D eigenvalue weighted by atomic mass is 15.0. The van der Waals surface area contributed by atoms with Gasteiger partial charge in [-0.25, -0.2) is 9.97 Å². The van der Waals surface area contributed by atoms with Crippen molar-refractivity contribution in [2.24, 2.45) is 5.92 Å². The second-order valence-corrected chi connectivity index (χ2v) is 5.37. The predicted octanol–water partition coefficient (Wildman–Crippen LogP) is 3.54. The minimum Gasteiger partial charge on any atom is -0.366 e. The van der Waals surface area contributed by atoms with Gasteiger partial charge in [0.1, 0.15) is 5.82 Å². The zero-order chi connectivity index (χ0) is 12.5. The highest BCUT2D eigenvalue weighted by Crippen LogP contribution is 2.34. The number of hydrogen-bond donors (Lipinski definition) is 1. The molecule has 3 rings (SSSR count). The monoisotopic (exact) mass is 241 g/mol. The third-order valence-electron chi connectivity index (χ3n) is 3.51. The van der Waals surface area contributed by atoms with Crippen LogP contribution in [0.5, 0.6) is 0 Å². The summed E-state index contributed by atoms with van der Waals surface area (Å²) in [5, 5.41) is 3.50. The molecule has 0 amide bonds. The van der Waals surface area contributed by atoms with Crippen LogP contribution < -0.4 is 5.32 Å². The van der Waals surface area contributed by atoms with E-state index >= 15 is 0 Å². The van der Waals surface area contributed by atoms with Gasteiger partial charge in [-0.05, 0) is 38.3 Å². The summed E-state index contributed by atoms with van der Waals surface area (Å²) in [6.45, 7) is 4.25. The molecule has 0 spiro atoms. The van der Waals surface area contributed by atoms with Crippen LogP contribution in [-0.2, 0) is 0 Å².